The summed E-state index contributed by atoms with van der Waals surface area (Å²) in [6, 6.07) is 8.10. The Balaban J connectivity index is 2.33. The zero-order valence-electron chi connectivity index (χ0n) is 11.0. The summed E-state index contributed by atoms with van der Waals surface area (Å²) < 4.78 is 26.4. The maximum Gasteiger partial charge on any atom is 0.159 e. The van der Waals surface area contributed by atoms with Gasteiger partial charge >= 0.3 is 0 Å². The fraction of sp³-hybridized carbons (Fsp3) is 0.333. The number of hydrogen-bond acceptors (Lipinski definition) is 2. The van der Waals surface area contributed by atoms with Crippen LogP contribution in [0.4, 0.5) is 8.78 Å². The Bertz CT molecular complexity index is 551. The molecule has 0 aliphatic heterocycles. The molecular formula is C15H17F2NS. The van der Waals surface area contributed by atoms with Crippen LogP contribution in [0.1, 0.15) is 34.7 Å². The molecule has 0 aliphatic rings. The largest absolute Gasteiger partial charge is 0.306 e. The molecule has 0 saturated heterocycles. The molecule has 0 aliphatic carbocycles. The van der Waals surface area contributed by atoms with Crippen molar-refractivity contribution in [3.05, 3.63) is 57.3 Å². The predicted octanol–water partition coefficient (Wildman–Crippen LogP) is 4.42. The van der Waals surface area contributed by atoms with E-state index < -0.39 is 11.6 Å². The normalized spacial score (nSPS) is 12.6. The molecule has 19 heavy (non-hydrogen) atoms. The monoisotopic (exact) mass is 281 g/mol. The molecule has 0 amide bonds. The van der Waals surface area contributed by atoms with E-state index >= 15 is 0 Å². The Labute approximate surface area is 116 Å². The summed E-state index contributed by atoms with van der Waals surface area (Å²) >= 11 is 1.67. The molecule has 1 aromatic carbocycles. The van der Waals surface area contributed by atoms with Crippen LogP contribution in [0.25, 0.3) is 0 Å². The number of halogens is 2. The number of hydrogen-bond donors (Lipinski definition) is 1. The van der Waals surface area contributed by atoms with Crippen LogP contribution >= 0.6 is 11.3 Å². The van der Waals surface area contributed by atoms with E-state index in [0.717, 1.165) is 23.4 Å². The van der Waals surface area contributed by atoms with Crippen molar-refractivity contribution in [2.45, 2.75) is 26.3 Å². The lowest BCUT2D eigenvalue weighted by molar-refractivity contribution is 0.503. The van der Waals surface area contributed by atoms with Crippen molar-refractivity contribution in [2.75, 3.05) is 6.54 Å². The summed E-state index contributed by atoms with van der Waals surface area (Å²) in [7, 11) is 0. The fourth-order valence-electron chi connectivity index (χ4n) is 1.97. The van der Waals surface area contributed by atoms with Crippen LogP contribution in [-0.4, -0.2) is 6.54 Å². The highest BCUT2D eigenvalue weighted by atomic mass is 32.1. The predicted molar refractivity (Wildman–Crippen MR) is 75.6 cm³/mol. The van der Waals surface area contributed by atoms with Gasteiger partial charge < -0.3 is 5.32 Å². The van der Waals surface area contributed by atoms with E-state index in [1.807, 2.05) is 19.1 Å². The summed E-state index contributed by atoms with van der Waals surface area (Å²) in [5.41, 5.74) is 0.759. The van der Waals surface area contributed by atoms with Gasteiger partial charge in [-0.1, -0.05) is 13.0 Å². The molecule has 0 saturated carbocycles. The standard InChI is InChI=1S/C15H17F2NS/c1-3-8-18-15(14-7-4-10(2)19-14)11-5-6-12(16)13(17)9-11/h4-7,9,15,18H,3,8H2,1-2H3. The molecule has 1 aromatic heterocycles. The molecule has 102 valence electrons. The molecular weight excluding hydrogens is 264 g/mol. The number of thiophene rings is 1. The second kappa shape index (κ2) is 6.26. The van der Waals surface area contributed by atoms with Gasteiger partial charge in [-0.15, -0.1) is 11.3 Å². The van der Waals surface area contributed by atoms with E-state index in [0.29, 0.717) is 0 Å². The zero-order valence-corrected chi connectivity index (χ0v) is 11.9. The number of benzene rings is 1. The lowest BCUT2D eigenvalue weighted by atomic mass is 10.0. The summed E-state index contributed by atoms with van der Waals surface area (Å²) in [6.07, 6.45) is 0.991. The molecule has 0 bridgehead atoms. The van der Waals surface area contributed by atoms with Crippen molar-refractivity contribution in [1.82, 2.24) is 5.32 Å². The third-order valence-electron chi connectivity index (χ3n) is 2.92. The molecule has 0 fully saturated rings. The van der Waals surface area contributed by atoms with Crippen molar-refractivity contribution in [3.8, 4) is 0 Å². The Morgan fingerprint density at radius 1 is 1.16 bits per heavy atom. The van der Waals surface area contributed by atoms with Crippen LogP contribution in [0.2, 0.25) is 0 Å². The van der Waals surface area contributed by atoms with Crippen LogP contribution in [-0.2, 0) is 0 Å². The van der Waals surface area contributed by atoms with Gasteiger partial charge in [-0.25, -0.2) is 8.78 Å². The Kier molecular flexibility index (Phi) is 4.66. The minimum absolute atomic E-state index is 0.0752. The van der Waals surface area contributed by atoms with E-state index in [1.54, 1.807) is 17.4 Å². The van der Waals surface area contributed by atoms with Gasteiger partial charge in [0.15, 0.2) is 11.6 Å². The Morgan fingerprint density at radius 3 is 2.53 bits per heavy atom. The first-order valence-corrected chi connectivity index (χ1v) is 7.18. The molecule has 0 spiro atoms. The maximum absolute atomic E-state index is 13.4. The van der Waals surface area contributed by atoms with Crippen LogP contribution < -0.4 is 5.32 Å². The smallest absolute Gasteiger partial charge is 0.159 e. The Morgan fingerprint density at radius 2 is 1.95 bits per heavy atom. The summed E-state index contributed by atoms with van der Waals surface area (Å²) in [5, 5.41) is 3.38. The van der Waals surface area contributed by atoms with Gasteiger partial charge in [0.2, 0.25) is 0 Å². The molecule has 2 aromatic rings. The van der Waals surface area contributed by atoms with E-state index in [1.165, 1.54) is 17.0 Å². The van der Waals surface area contributed by atoms with Crippen molar-refractivity contribution >= 4 is 11.3 Å². The van der Waals surface area contributed by atoms with Gasteiger partial charge in [-0.05, 0) is 49.7 Å². The van der Waals surface area contributed by atoms with Crippen molar-refractivity contribution in [3.63, 3.8) is 0 Å². The molecule has 1 atom stereocenters. The maximum atomic E-state index is 13.4. The lowest BCUT2D eigenvalue weighted by Crippen LogP contribution is -2.22. The number of rotatable bonds is 5. The van der Waals surface area contributed by atoms with Gasteiger partial charge in [-0.2, -0.15) is 0 Å². The summed E-state index contributed by atoms with van der Waals surface area (Å²) in [4.78, 5) is 2.33. The molecule has 1 heterocycles. The summed E-state index contributed by atoms with van der Waals surface area (Å²) in [6.45, 7) is 4.95. The molecule has 0 radical (unpaired) electrons. The van der Waals surface area contributed by atoms with E-state index in [2.05, 4.69) is 12.2 Å². The highest BCUT2D eigenvalue weighted by Gasteiger charge is 2.16. The first kappa shape index (κ1) is 14.2. The number of aryl methyl sites for hydroxylation is 1. The van der Waals surface area contributed by atoms with Gasteiger partial charge in [0.1, 0.15) is 0 Å². The third-order valence-corrected chi connectivity index (χ3v) is 3.99. The fourth-order valence-corrected chi connectivity index (χ4v) is 2.95. The number of nitrogens with one attached hydrogen (secondary N) is 1. The van der Waals surface area contributed by atoms with E-state index in [-0.39, 0.29) is 6.04 Å². The average Bonchev–Trinajstić information content (AvgIpc) is 2.80. The van der Waals surface area contributed by atoms with Gasteiger partial charge in [0.25, 0.3) is 0 Å². The minimum atomic E-state index is -0.805. The molecule has 1 N–H and O–H groups in total. The van der Waals surface area contributed by atoms with Crippen molar-refractivity contribution < 1.29 is 8.78 Å². The van der Waals surface area contributed by atoms with E-state index in [4.69, 9.17) is 0 Å². The summed E-state index contributed by atoms with van der Waals surface area (Å²) in [5.74, 6) is -1.60. The SMILES string of the molecule is CCCNC(c1ccc(F)c(F)c1)c1ccc(C)s1. The topological polar surface area (TPSA) is 12.0 Å². The van der Waals surface area contributed by atoms with Crippen LogP contribution in [0, 0.1) is 18.6 Å². The Hall–Kier alpha value is -1.26. The molecule has 2 rings (SSSR count). The average molecular weight is 281 g/mol. The molecule has 4 heteroatoms. The van der Waals surface area contributed by atoms with Gasteiger partial charge in [0.05, 0.1) is 6.04 Å². The van der Waals surface area contributed by atoms with Crippen LogP contribution in [0.5, 0.6) is 0 Å². The first-order valence-electron chi connectivity index (χ1n) is 6.36. The van der Waals surface area contributed by atoms with Crippen LogP contribution in [0.15, 0.2) is 30.3 Å². The quantitative estimate of drug-likeness (QED) is 0.855. The second-order valence-corrected chi connectivity index (χ2v) is 5.83. The highest BCUT2D eigenvalue weighted by molar-refractivity contribution is 7.12. The molecule has 1 unspecified atom stereocenters. The van der Waals surface area contributed by atoms with Gasteiger partial charge in [0, 0.05) is 9.75 Å². The minimum Gasteiger partial charge on any atom is -0.306 e. The van der Waals surface area contributed by atoms with Crippen LogP contribution in [0.3, 0.4) is 0 Å². The zero-order chi connectivity index (χ0) is 13.8. The van der Waals surface area contributed by atoms with Gasteiger partial charge in [-0.3, -0.25) is 0 Å². The van der Waals surface area contributed by atoms with Crippen molar-refractivity contribution in [1.29, 1.82) is 0 Å². The second-order valence-electron chi connectivity index (χ2n) is 4.51. The molecule has 1 nitrogen and oxygen atoms in total. The van der Waals surface area contributed by atoms with E-state index in [9.17, 15) is 8.78 Å². The third kappa shape index (κ3) is 3.39. The van der Waals surface area contributed by atoms with Crippen molar-refractivity contribution in [2.24, 2.45) is 0 Å². The first-order chi connectivity index (χ1) is 9.11. The highest BCUT2D eigenvalue weighted by Crippen LogP contribution is 2.29. The lowest BCUT2D eigenvalue weighted by Gasteiger charge is -2.18.